The van der Waals surface area contributed by atoms with E-state index in [0.29, 0.717) is 11.4 Å². The third-order valence-corrected chi connectivity index (χ3v) is 6.81. The van der Waals surface area contributed by atoms with Crippen molar-refractivity contribution in [3.8, 4) is 0 Å². The number of nitrogens with one attached hydrogen (secondary N) is 1. The van der Waals surface area contributed by atoms with Gasteiger partial charge in [-0.1, -0.05) is 64.0 Å². The number of nitrogens with zero attached hydrogens (tertiary/aromatic N) is 2. The number of sulfonamides is 1. The highest BCUT2D eigenvalue weighted by Gasteiger charge is 2.27. The molecule has 0 saturated carbocycles. The van der Waals surface area contributed by atoms with Gasteiger partial charge in [0.25, 0.3) is 15.9 Å². The van der Waals surface area contributed by atoms with Gasteiger partial charge in [0.2, 0.25) is 0 Å². The Morgan fingerprint density at radius 1 is 1.00 bits per heavy atom. The number of amides is 1. The number of para-hydroxylation sites is 1. The van der Waals surface area contributed by atoms with Gasteiger partial charge in [-0.3, -0.25) is 9.10 Å². The van der Waals surface area contributed by atoms with Crippen molar-refractivity contribution < 1.29 is 13.2 Å². The molecule has 0 atom stereocenters. The van der Waals surface area contributed by atoms with E-state index in [1.165, 1.54) is 12.1 Å². The second-order valence-corrected chi connectivity index (χ2v) is 9.68. The molecule has 160 valence electrons. The third-order valence-electron chi connectivity index (χ3n) is 4.53. The lowest BCUT2D eigenvalue weighted by Crippen LogP contribution is -2.39. The summed E-state index contributed by atoms with van der Waals surface area (Å²) < 4.78 is 28.5. The Balaban J connectivity index is 1.85. The molecule has 0 fully saturated rings. The van der Waals surface area contributed by atoms with Crippen molar-refractivity contribution in [2.45, 2.75) is 18.7 Å². The molecular formula is C23H22BrN3O3S. The number of hydrogen-bond acceptors (Lipinski definition) is 4. The van der Waals surface area contributed by atoms with Gasteiger partial charge in [0.1, 0.15) is 6.54 Å². The van der Waals surface area contributed by atoms with Crippen LogP contribution in [-0.4, -0.2) is 26.6 Å². The zero-order valence-corrected chi connectivity index (χ0v) is 19.5. The highest BCUT2D eigenvalue weighted by molar-refractivity contribution is 9.10. The molecule has 1 amide bonds. The molecule has 0 aliphatic rings. The van der Waals surface area contributed by atoms with Crippen molar-refractivity contribution in [2.75, 3.05) is 10.8 Å². The first kappa shape index (κ1) is 22.7. The predicted octanol–water partition coefficient (Wildman–Crippen LogP) is 4.49. The Kier molecular flexibility index (Phi) is 7.25. The van der Waals surface area contributed by atoms with Crippen LogP contribution in [0.1, 0.15) is 18.1 Å². The number of hydrazone groups is 1. The number of anilines is 1. The summed E-state index contributed by atoms with van der Waals surface area (Å²) in [4.78, 5) is 12.7. The molecule has 0 saturated heterocycles. The number of carbonyl (C=O) groups is 1. The van der Waals surface area contributed by atoms with Crippen LogP contribution in [0.5, 0.6) is 0 Å². The van der Waals surface area contributed by atoms with E-state index in [9.17, 15) is 13.2 Å². The Morgan fingerprint density at radius 3 is 2.32 bits per heavy atom. The van der Waals surface area contributed by atoms with E-state index < -0.39 is 22.5 Å². The van der Waals surface area contributed by atoms with Gasteiger partial charge in [0.15, 0.2) is 0 Å². The lowest BCUT2D eigenvalue weighted by molar-refractivity contribution is -0.119. The second-order valence-electron chi connectivity index (χ2n) is 6.90. The van der Waals surface area contributed by atoms with E-state index in [-0.39, 0.29) is 4.90 Å². The molecule has 0 heterocycles. The van der Waals surface area contributed by atoms with Crippen LogP contribution in [0.15, 0.2) is 93.3 Å². The van der Waals surface area contributed by atoms with Crippen LogP contribution in [0.25, 0.3) is 0 Å². The summed E-state index contributed by atoms with van der Waals surface area (Å²) in [5.74, 6) is -0.547. The first-order valence-corrected chi connectivity index (χ1v) is 11.7. The van der Waals surface area contributed by atoms with Gasteiger partial charge in [-0.25, -0.2) is 13.8 Å². The summed E-state index contributed by atoms with van der Waals surface area (Å²) in [7, 11) is -3.94. The number of rotatable bonds is 7. The Labute approximate surface area is 190 Å². The highest BCUT2D eigenvalue weighted by atomic mass is 79.9. The van der Waals surface area contributed by atoms with Crippen LogP contribution >= 0.6 is 15.9 Å². The van der Waals surface area contributed by atoms with Gasteiger partial charge in [-0.2, -0.15) is 5.10 Å². The van der Waals surface area contributed by atoms with E-state index in [4.69, 9.17) is 0 Å². The minimum atomic E-state index is -3.94. The molecule has 0 aromatic heterocycles. The van der Waals surface area contributed by atoms with E-state index in [2.05, 4.69) is 26.5 Å². The van der Waals surface area contributed by atoms with Gasteiger partial charge in [0, 0.05) is 4.47 Å². The van der Waals surface area contributed by atoms with E-state index in [1.54, 1.807) is 49.4 Å². The Morgan fingerprint density at radius 2 is 1.68 bits per heavy atom. The van der Waals surface area contributed by atoms with Crippen molar-refractivity contribution in [3.63, 3.8) is 0 Å². The smallest absolute Gasteiger partial charge is 0.264 e. The molecule has 0 radical (unpaired) electrons. The van der Waals surface area contributed by atoms with Crippen molar-refractivity contribution in [1.29, 1.82) is 0 Å². The molecule has 3 rings (SSSR count). The van der Waals surface area contributed by atoms with Crippen molar-refractivity contribution in [3.05, 3.63) is 94.5 Å². The number of aryl methyl sites for hydroxylation is 1. The quantitative estimate of drug-likeness (QED) is 0.384. The topological polar surface area (TPSA) is 78.8 Å². The molecule has 0 spiro atoms. The van der Waals surface area contributed by atoms with Gasteiger partial charge in [0.05, 0.1) is 16.3 Å². The normalized spacial score (nSPS) is 11.8. The van der Waals surface area contributed by atoms with Crippen LogP contribution in [0.2, 0.25) is 0 Å². The van der Waals surface area contributed by atoms with Crippen LogP contribution in [0.4, 0.5) is 5.69 Å². The molecule has 31 heavy (non-hydrogen) atoms. The van der Waals surface area contributed by atoms with Crippen molar-refractivity contribution in [1.82, 2.24) is 5.43 Å². The summed E-state index contributed by atoms with van der Waals surface area (Å²) in [6.45, 7) is 3.24. The lowest BCUT2D eigenvalue weighted by atomic mass is 10.1. The van der Waals surface area contributed by atoms with Crippen molar-refractivity contribution >= 4 is 43.3 Å². The maximum Gasteiger partial charge on any atom is 0.264 e. The van der Waals surface area contributed by atoms with Crippen LogP contribution < -0.4 is 9.73 Å². The minimum Gasteiger partial charge on any atom is -0.271 e. The molecule has 0 aliphatic carbocycles. The van der Waals surface area contributed by atoms with Gasteiger partial charge >= 0.3 is 0 Å². The number of hydrogen-bond donors (Lipinski definition) is 1. The minimum absolute atomic E-state index is 0.114. The fraction of sp³-hybridized carbons (Fsp3) is 0.130. The maximum atomic E-state index is 13.3. The lowest BCUT2D eigenvalue weighted by Gasteiger charge is -2.23. The molecule has 8 heteroatoms. The van der Waals surface area contributed by atoms with Crippen LogP contribution in [0, 0.1) is 6.92 Å². The third kappa shape index (κ3) is 5.80. The predicted molar refractivity (Wildman–Crippen MR) is 127 cm³/mol. The van der Waals surface area contributed by atoms with Gasteiger partial charge in [-0.05, 0) is 55.8 Å². The first-order valence-electron chi connectivity index (χ1n) is 9.51. The number of carbonyl (C=O) groups excluding carboxylic acids is 1. The zero-order chi connectivity index (χ0) is 22.4. The highest BCUT2D eigenvalue weighted by Crippen LogP contribution is 2.23. The van der Waals surface area contributed by atoms with E-state index in [0.717, 1.165) is 19.9 Å². The van der Waals surface area contributed by atoms with Crippen LogP contribution in [-0.2, 0) is 14.8 Å². The summed E-state index contributed by atoms with van der Waals surface area (Å²) in [6, 6.07) is 22.5. The largest absolute Gasteiger partial charge is 0.271 e. The second kappa shape index (κ2) is 9.89. The summed E-state index contributed by atoms with van der Waals surface area (Å²) in [6.07, 6.45) is 0. The fourth-order valence-corrected chi connectivity index (χ4v) is 4.66. The van der Waals surface area contributed by atoms with Gasteiger partial charge < -0.3 is 0 Å². The Bertz CT molecular complexity index is 1190. The molecule has 1 N–H and O–H groups in total. The molecule has 0 aliphatic heterocycles. The van der Waals surface area contributed by atoms with E-state index >= 15 is 0 Å². The molecule has 3 aromatic rings. The van der Waals surface area contributed by atoms with Gasteiger partial charge in [-0.15, -0.1) is 0 Å². The molecule has 0 unspecified atom stereocenters. The molecule has 3 aromatic carbocycles. The average Bonchev–Trinajstić information content (AvgIpc) is 2.76. The van der Waals surface area contributed by atoms with Crippen molar-refractivity contribution in [2.24, 2.45) is 5.10 Å². The fourth-order valence-electron chi connectivity index (χ4n) is 2.84. The summed E-state index contributed by atoms with van der Waals surface area (Å²) >= 11 is 3.40. The first-order chi connectivity index (χ1) is 14.8. The molecular weight excluding hydrogens is 478 g/mol. The zero-order valence-electron chi connectivity index (χ0n) is 17.1. The maximum absolute atomic E-state index is 13.3. The average molecular weight is 500 g/mol. The molecule has 0 bridgehead atoms. The van der Waals surface area contributed by atoms with E-state index in [1.807, 2.05) is 31.2 Å². The monoisotopic (exact) mass is 499 g/mol. The van der Waals surface area contributed by atoms with Crippen LogP contribution in [0.3, 0.4) is 0 Å². The molecule has 6 nitrogen and oxygen atoms in total. The standard InChI is InChI=1S/C23H22BrN3O3S/c1-17-11-13-22(14-12-17)31(29,30)27(21-9-4-3-5-10-21)16-23(28)26-25-18(2)19-7-6-8-20(24)15-19/h3-15H,16H2,1-2H3,(H,26,28)/b25-18-. The SMILES string of the molecule is C/C(=N/NC(=O)CN(c1ccccc1)S(=O)(=O)c1ccc(C)cc1)c1cccc(Br)c1. The Hall–Kier alpha value is -2.97. The summed E-state index contributed by atoms with van der Waals surface area (Å²) in [5, 5.41) is 4.12. The summed E-state index contributed by atoms with van der Waals surface area (Å²) in [5.41, 5.74) is 5.23. The number of benzene rings is 3. The number of halogens is 1.